The normalized spacial score (nSPS) is 17.8. The molecule has 10 nitrogen and oxygen atoms in total. The topological polar surface area (TPSA) is 103 Å². The molecule has 2 aliphatic heterocycles. The van der Waals surface area contributed by atoms with Gasteiger partial charge >= 0.3 is 0 Å². The van der Waals surface area contributed by atoms with E-state index in [9.17, 15) is 8.42 Å². The molecule has 0 unspecified atom stereocenters. The van der Waals surface area contributed by atoms with E-state index in [1.165, 1.54) is 9.10 Å². The summed E-state index contributed by atoms with van der Waals surface area (Å²) in [6.45, 7) is 3.45. The number of aromatic nitrogens is 4. The van der Waals surface area contributed by atoms with E-state index in [1.54, 1.807) is 18.2 Å². The Balaban J connectivity index is 1.22. The minimum absolute atomic E-state index is 0.223. The summed E-state index contributed by atoms with van der Waals surface area (Å²) in [5.41, 5.74) is 0.907. The molecule has 0 atom stereocenters. The smallest absolute Gasteiger partial charge is 0.243 e. The third-order valence-corrected chi connectivity index (χ3v) is 7.39. The number of hydrogen-bond donors (Lipinski definition) is 0. The van der Waals surface area contributed by atoms with E-state index in [0.717, 1.165) is 12.0 Å². The van der Waals surface area contributed by atoms with Crippen molar-refractivity contribution < 1.29 is 17.9 Å². The minimum Gasteiger partial charge on any atom is -0.490 e. The van der Waals surface area contributed by atoms with Crippen molar-refractivity contribution in [1.29, 1.82) is 0 Å². The first-order chi connectivity index (χ1) is 15.6. The van der Waals surface area contributed by atoms with Crippen molar-refractivity contribution in [3.63, 3.8) is 0 Å². The third-order valence-electron chi connectivity index (χ3n) is 5.50. The summed E-state index contributed by atoms with van der Waals surface area (Å²) in [5.74, 6) is 1.64. The summed E-state index contributed by atoms with van der Waals surface area (Å²) in [4.78, 5) is 3.87. The fourth-order valence-electron chi connectivity index (χ4n) is 3.75. The maximum atomic E-state index is 13.2. The van der Waals surface area contributed by atoms with Gasteiger partial charge in [0, 0.05) is 44.2 Å². The van der Waals surface area contributed by atoms with Crippen molar-refractivity contribution in [3.05, 3.63) is 48.5 Å². The lowest BCUT2D eigenvalue weighted by atomic mass is 10.2. The number of sulfonamides is 1. The van der Waals surface area contributed by atoms with E-state index >= 15 is 0 Å². The van der Waals surface area contributed by atoms with Gasteiger partial charge in [-0.3, -0.25) is 4.90 Å². The molecule has 1 fully saturated rings. The Bertz CT molecular complexity index is 1180. The zero-order valence-corrected chi connectivity index (χ0v) is 18.3. The number of hydrogen-bond acceptors (Lipinski definition) is 8. The van der Waals surface area contributed by atoms with Gasteiger partial charge in [-0.25, -0.2) is 8.42 Å². The molecule has 2 aromatic carbocycles. The zero-order valence-electron chi connectivity index (χ0n) is 17.5. The highest BCUT2D eigenvalue weighted by molar-refractivity contribution is 7.89. The quantitative estimate of drug-likeness (QED) is 0.569. The maximum Gasteiger partial charge on any atom is 0.243 e. The number of piperazine rings is 1. The van der Waals surface area contributed by atoms with Crippen LogP contribution in [0.4, 0.5) is 0 Å². The fourth-order valence-corrected chi connectivity index (χ4v) is 5.19. The van der Waals surface area contributed by atoms with Crippen LogP contribution in [-0.4, -0.2) is 77.2 Å². The Hall–Kier alpha value is -3.02. The van der Waals surface area contributed by atoms with Crippen LogP contribution in [0.15, 0.2) is 53.4 Å². The van der Waals surface area contributed by atoms with E-state index < -0.39 is 10.0 Å². The first-order valence-electron chi connectivity index (χ1n) is 10.5. The number of ether oxygens (including phenoxy) is 2. The number of tetrazole rings is 1. The van der Waals surface area contributed by atoms with Crippen LogP contribution in [0.1, 0.15) is 6.42 Å². The highest BCUT2D eigenvalue weighted by Gasteiger charge is 2.30. The molecular formula is C21H24N6O4S. The Kier molecular flexibility index (Phi) is 5.77. The van der Waals surface area contributed by atoms with E-state index in [4.69, 9.17) is 9.47 Å². The molecule has 5 rings (SSSR count). The van der Waals surface area contributed by atoms with Crippen LogP contribution in [0.2, 0.25) is 0 Å². The molecule has 1 aromatic heterocycles. The van der Waals surface area contributed by atoms with Gasteiger partial charge in [-0.1, -0.05) is 30.3 Å². The van der Waals surface area contributed by atoms with Gasteiger partial charge in [-0.05, 0) is 17.3 Å². The molecule has 0 spiro atoms. The van der Waals surface area contributed by atoms with Crippen molar-refractivity contribution in [2.45, 2.75) is 18.0 Å². The Labute approximate surface area is 186 Å². The van der Waals surface area contributed by atoms with Crippen molar-refractivity contribution in [2.75, 3.05) is 39.4 Å². The van der Waals surface area contributed by atoms with Gasteiger partial charge in [0.2, 0.25) is 15.8 Å². The predicted octanol–water partition coefficient (Wildman–Crippen LogP) is 1.47. The monoisotopic (exact) mass is 456 g/mol. The second-order valence-corrected chi connectivity index (χ2v) is 9.61. The van der Waals surface area contributed by atoms with Crippen LogP contribution in [0.5, 0.6) is 11.5 Å². The van der Waals surface area contributed by atoms with E-state index in [-0.39, 0.29) is 4.90 Å². The summed E-state index contributed by atoms with van der Waals surface area (Å²) in [5, 5.41) is 12.7. The fraction of sp³-hybridized carbons (Fsp3) is 0.381. The molecule has 32 heavy (non-hydrogen) atoms. The molecule has 11 heteroatoms. The van der Waals surface area contributed by atoms with Crippen molar-refractivity contribution in [3.8, 4) is 22.9 Å². The molecule has 0 saturated carbocycles. The molecular weight excluding hydrogens is 432 g/mol. The minimum atomic E-state index is -3.61. The number of rotatable bonds is 5. The number of benzene rings is 2. The van der Waals surface area contributed by atoms with Gasteiger partial charge in [-0.2, -0.15) is 4.31 Å². The molecule has 0 radical (unpaired) electrons. The molecule has 0 bridgehead atoms. The largest absolute Gasteiger partial charge is 0.490 e. The Morgan fingerprint density at radius 2 is 1.66 bits per heavy atom. The zero-order chi connectivity index (χ0) is 22.0. The molecule has 168 valence electrons. The van der Waals surface area contributed by atoms with Gasteiger partial charge in [-0.15, -0.1) is 15.0 Å². The van der Waals surface area contributed by atoms with Crippen molar-refractivity contribution in [1.82, 2.24) is 29.4 Å². The van der Waals surface area contributed by atoms with Crippen molar-refractivity contribution in [2.24, 2.45) is 0 Å². The predicted molar refractivity (Wildman–Crippen MR) is 116 cm³/mol. The van der Waals surface area contributed by atoms with Crippen LogP contribution < -0.4 is 9.47 Å². The van der Waals surface area contributed by atoms with Gasteiger partial charge in [0.1, 0.15) is 6.67 Å². The SMILES string of the molecule is O=S(=O)(c1ccc2c(c1)OCCCO2)N1CCN(Cn2nnc(-c3ccccc3)n2)CC1. The highest BCUT2D eigenvalue weighted by Crippen LogP contribution is 2.33. The summed E-state index contributed by atoms with van der Waals surface area (Å²) >= 11 is 0. The molecule has 1 saturated heterocycles. The molecule has 3 heterocycles. The van der Waals surface area contributed by atoms with Crippen LogP contribution >= 0.6 is 0 Å². The van der Waals surface area contributed by atoms with Crippen LogP contribution in [0.25, 0.3) is 11.4 Å². The lowest BCUT2D eigenvalue weighted by Gasteiger charge is -2.33. The molecule has 2 aliphatic rings. The Morgan fingerprint density at radius 1 is 0.906 bits per heavy atom. The third kappa shape index (κ3) is 4.31. The standard InChI is InChI=1S/C21H24N6O4S/c28-32(29,18-7-8-19-20(15-18)31-14-4-13-30-19)26-11-9-25(10-12-26)16-27-23-21(22-24-27)17-5-2-1-3-6-17/h1-3,5-8,15H,4,9-14,16H2. The second-order valence-electron chi connectivity index (χ2n) is 7.67. The van der Waals surface area contributed by atoms with E-state index in [2.05, 4.69) is 20.3 Å². The second kappa shape index (κ2) is 8.85. The highest BCUT2D eigenvalue weighted by atomic mass is 32.2. The van der Waals surface area contributed by atoms with Crippen LogP contribution in [-0.2, 0) is 16.7 Å². The van der Waals surface area contributed by atoms with Gasteiger partial charge in [0.15, 0.2) is 11.5 Å². The maximum absolute atomic E-state index is 13.2. The lowest BCUT2D eigenvalue weighted by molar-refractivity contribution is 0.136. The average molecular weight is 457 g/mol. The lowest BCUT2D eigenvalue weighted by Crippen LogP contribution is -2.49. The average Bonchev–Trinajstić information content (AvgIpc) is 3.16. The Morgan fingerprint density at radius 3 is 2.44 bits per heavy atom. The van der Waals surface area contributed by atoms with Gasteiger partial charge < -0.3 is 9.47 Å². The van der Waals surface area contributed by atoms with E-state index in [1.807, 2.05) is 30.3 Å². The first-order valence-corrected chi connectivity index (χ1v) is 12.0. The summed E-state index contributed by atoms with van der Waals surface area (Å²) in [6, 6.07) is 14.5. The molecule has 0 N–H and O–H groups in total. The molecule has 0 aliphatic carbocycles. The van der Waals surface area contributed by atoms with Crippen LogP contribution in [0.3, 0.4) is 0 Å². The first kappa shape index (κ1) is 20.9. The summed E-state index contributed by atoms with van der Waals surface area (Å²) < 4.78 is 39.1. The van der Waals surface area contributed by atoms with Crippen LogP contribution in [0, 0.1) is 0 Å². The van der Waals surface area contributed by atoms with Gasteiger partial charge in [0.05, 0.1) is 18.1 Å². The molecule has 0 amide bonds. The van der Waals surface area contributed by atoms with Crippen molar-refractivity contribution >= 4 is 10.0 Å². The molecule has 3 aromatic rings. The summed E-state index contributed by atoms with van der Waals surface area (Å²) in [6.07, 6.45) is 0.770. The number of nitrogens with zero attached hydrogens (tertiary/aromatic N) is 6. The van der Waals surface area contributed by atoms with E-state index in [0.29, 0.717) is 63.4 Å². The summed E-state index contributed by atoms with van der Waals surface area (Å²) in [7, 11) is -3.61. The van der Waals surface area contributed by atoms with Gasteiger partial charge in [0.25, 0.3) is 0 Å². The number of fused-ring (bicyclic) bond motifs is 1.